The fourth-order valence-electron chi connectivity index (χ4n) is 0.462. The maximum Gasteiger partial charge on any atom is 0.254 e. The summed E-state index contributed by atoms with van der Waals surface area (Å²) < 4.78 is 48.5. The summed E-state index contributed by atoms with van der Waals surface area (Å²) in [5.74, 6) is -7.06. The summed E-state index contributed by atoms with van der Waals surface area (Å²) in [5, 5.41) is -1.15. The van der Waals surface area contributed by atoms with E-state index < -0.39 is 28.6 Å². The molecule has 0 unspecified atom stereocenters. The van der Waals surface area contributed by atoms with Crippen molar-refractivity contribution in [1.82, 2.24) is 4.98 Å². The molecule has 0 N–H and O–H groups in total. The van der Waals surface area contributed by atoms with Gasteiger partial charge in [-0.15, -0.1) is 0 Å². The lowest BCUT2D eigenvalue weighted by Gasteiger charge is -1.96. The Hall–Kier alpha value is -0.840. The first-order valence-electron chi connectivity index (χ1n) is 2.39. The molecule has 0 fully saturated rings. The third-order valence-electron chi connectivity index (χ3n) is 0.944. The zero-order valence-electron chi connectivity index (χ0n) is 4.84. The van der Waals surface area contributed by atoms with E-state index in [-0.39, 0.29) is 0 Å². The molecule has 1 aromatic rings. The summed E-state index contributed by atoms with van der Waals surface area (Å²) >= 11 is 4.84. The zero-order valence-corrected chi connectivity index (χ0v) is 5.59. The van der Waals surface area contributed by atoms with Gasteiger partial charge in [0.15, 0.2) is 5.82 Å². The molecule has 0 spiro atoms. The Morgan fingerprint density at radius 3 is 2.00 bits per heavy atom. The normalized spacial score (nSPS) is 10.3. The van der Waals surface area contributed by atoms with Crippen molar-refractivity contribution in [2.24, 2.45) is 0 Å². The highest BCUT2D eigenvalue weighted by molar-refractivity contribution is 6.30. The van der Waals surface area contributed by atoms with Crippen LogP contribution in [-0.4, -0.2) is 4.98 Å². The molecule has 0 bridgehead atoms. The monoisotopic (exact) mass is 185 g/mol. The molecule has 11 heavy (non-hydrogen) atoms. The summed E-state index contributed by atoms with van der Waals surface area (Å²) in [6, 6.07) is 0. The third-order valence-corrected chi connectivity index (χ3v) is 1.27. The van der Waals surface area contributed by atoms with Crippen molar-refractivity contribution in [1.29, 1.82) is 0 Å². The van der Waals surface area contributed by atoms with Crippen LogP contribution in [0, 0.1) is 23.5 Å². The Morgan fingerprint density at radius 2 is 1.45 bits per heavy atom. The summed E-state index contributed by atoms with van der Waals surface area (Å²) in [5.41, 5.74) is 0. The highest BCUT2D eigenvalue weighted by atomic mass is 35.5. The van der Waals surface area contributed by atoms with Crippen LogP contribution in [0.25, 0.3) is 0 Å². The fraction of sp³-hybridized carbons (Fsp3) is 0. The lowest BCUT2D eigenvalue weighted by molar-refractivity contribution is 0.402. The first kappa shape index (κ1) is 8.26. The van der Waals surface area contributed by atoms with Crippen LogP contribution in [-0.2, 0) is 0 Å². The van der Waals surface area contributed by atoms with Gasteiger partial charge >= 0.3 is 0 Å². The van der Waals surface area contributed by atoms with Crippen LogP contribution in [0.2, 0.25) is 5.02 Å². The zero-order chi connectivity index (χ0) is 8.59. The topological polar surface area (TPSA) is 12.9 Å². The number of halogens is 5. The van der Waals surface area contributed by atoms with Crippen LogP contribution in [0.4, 0.5) is 17.6 Å². The maximum absolute atomic E-state index is 12.2. The smallest absolute Gasteiger partial charge is 0.202 e. The van der Waals surface area contributed by atoms with Gasteiger partial charge in [0.2, 0.25) is 11.8 Å². The van der Waals surface area contributed by atoms with Gasteiger partial charge in [-0.25, -0.2) is 4.39 Å². The van der Waals surface area contributed by atoms with Crippen molar-refractivity contribution in [2.75, 3.05) is 0 Å². The number of hydrogen-bond donors (Lipinski definition) is 0. The van der Waals surface area contributed by atoms with Crippen molar-refractivity contribution in [2.45, 2.75) is 0 Å². The van der Waals surface area contributed by atoms with Crippen LogP contribution in [0.1, 0.15) is 0 Å². The van der Waals surface area contributed by atoms with Crippen molar-refractivity contribution in [3.63, 3.8) is 0 Å². The van der Waals surface area contributed by atoms with E-state index in [2.05, 4.69) is 4.98 Å². The van der Waals surface area contributed by atoms with Gasteiger partial charge < -0.3 is 0 Å². The van der Waals surface area contributed by atoms with E-state index in [4.69, 9.17) is 11.6 Å². The van der Waals surface area contributed by atoms with Gasteiger partial charge in [0.1, 0.15) is 5.02 Å². The van der Waals surface area contributed by atoms with Gasteiger partial charge in [0, 0.05) is 0 Å². The van der Waals surface area contributed by atoms with Crippen molar-refractivity contribution in [3.05, 3.63) is 28.6 Å². The standard InChI is InChI=1S/C5ClF4N/c6-1-2(7)3(8)5(10)11-4(1)9. The average molecular weight is 186 g/mol. The fourth-order valence-corrected chi connectivity index (χ4v) is 0.587. The second kappa shape index (κ2) is 2.65. The summed E-state index contributed by atoms with van der Waals surface area (Å²) in [7, 11) is 0. The minimum absolute atomic E-state index is 1.15. The molecule has 1 heterocycles. The van der Waals surface area contributed by atoms with Crippen LogP contribution in [0.5, 0.6) is 0 Å². The third kappa shape index (κ3) is 1.28. The van der Waals surface area contributed by atoms with E-state index in [0.29, 0.717) is 0 Å². The van der Waals surface area contributed by atoms with Crippen LogP contribution in [0.15, 0.2) is 0 Å². The minimum Gasteiger partial charge on any atom is -0.202 e. The molecular weight excluding hydrogens is 186 g/mol. The molecule has 0 atom stereocenters. The Labute approximate surface area is 63.6 Å². The van der Waals surface area contributed by atoms with Gasteiger partial charge in [-0.05, 0) is 0 Å². The first-order chi connectivity index (χ1) is 5.04. The highest BCUT2D eigenvalue weighted by Crippen LogP contribution is 2.20. The summed E-state index contributed by atoms with van der Waals surface area (Å²) in [6.07, 6.45) is 0. The SMILES string of the molecule is Fc1nc(F)c(Cl)c(F)c1F. The Kier molecular flexibility index (Phi) is 1.99. The summed E-state index contributed by atoms with van der Waals surface area (Å²) in [6.45, 7) is 0. The molecule has 0 aromatic carbocycles. The molecule has 6 heteroatoms. The highest BCUT2D eigenvalue weighted by Gasteiger charge is 2.18. The second-order valence-corrected chi connectivity index (χ2v) is 2.01. The lowest BCUT2D eigenvalue weighted by Crippen LogP contribution is -1.99. The van der Waals surface area contributed by atoms with Crippen molar-refractivity contribution in [3.8, 4) is 0 Å². The van der Waals surface area contributed by atoms with Gasteiger partial charge in [-0.1, -0.05) is 11.6 Å². The van der Waals surface area contributed by atoms with Gasteiger partial charge in [-0.2, -0.15) is 18.2 Å². The number of rotatable bonds is 0. The van der Waals surface area contributed by atoms with E-state index in [9.17, 15) is 17.6 Å². The summed E-state index contributed by atoms with van der Waals surface area (Å²) in [4.78, 5) is 2.35. The van der Waals surface area contributed by atoms with E-state index >= 15 is 0 Å². The molecule has 0 aliphatic rings. The molecule has 0 aliphatic carbocycles. The molecule has 0 saturated heterocycles. The van der Waals surface area contributed by atoms with Crippen LogP contribution in [0.3, 0.4) is 0 Å². The largest absolute Gasteiger partial charge is 0.254 e. The Morgan fingerprint density at radius 1 is 0.909 bits per heavy atom. The average Bonchev–Trinajstić information content (AvgIpc) is 1.97. The number of aromatic nitrogens is 1. The minimum atomic E-state index is -1.88. The predicted molar refractivity (Wildman–Crippen MR) is 29.1 cm³/mol. The van der Waals surface area contributed by atoms with Crippen LogP contribution >= 0.6 is 11.6 Å². The lowest BCUT2D eigenvalue weighted by atomic mass is 10.4. The van der Waals surface area contributed by atoms with Crippen molar-refractivity contribution >= 4 is 11.6 Å². The molecule has 1 rings (SSSR count). The molecule has 0 amide bonds. The molecule has 0 radical (unpaired) electrons. The first-order valence-corrected chi connectivity index (χ1v) is 2.77. The van der Waals surface area contributed by atoms with Gasteiger partial charge in [0.25, 0.3) is 5.95 Å². The quantitative estimate of drug-likeness (QED) is 0.446. The Bertz CT molecular complexity index is 275. The van der Waals surface area contributed by atoms with E-state index in [1.54, 1.807) is 0 Å². The number of hydrogen-bond acceptors (Lipinski definition) is 1. The van der Waals surface area contributed by atoms with Crippen molar-refractivity contribution < 1.29 is 17.6 Å². The van der Waals surface area contributed by atoms with Gasteiger partial charge in [0.05, 0.1) is 0 Å². The second-order valence-electron chi connectivity index (χ2n) is 1.64. The molecule has 0 aliphatic heterocycles. The van der Waals surface area contributed by atoms with Crippen LogP contribution < -0.4 is 0 Å². The molecule has 60 valence electrons. The number of pyridine rings is 1. The molecular formula is C5ClF4N. The van der Waals surface area contributed by atoms with E-state index in [1.807, 2.05) is 0 Å². The molecule has 1 aromatic heterocycles. The molecule has 1 nitrogen and oxygen atoms in total. The Balaban J connectivity index is 3.46. The molecule has 0 saturated carbocycles. The van der Waals surface area contributed by atoms with E-state index in [0.717, 1.165) is 0 Å². The maximum atomic E-state index is 12.2. The number of nitrogens with zero attached hydrogens (tertiary/aromatic N) is 1. The van der Waals surface area contributed by atoms with E-state index in [1.165, 1.54) is 0 Å². The predicted octanol–water partition coefficient (Wildman–Crippen LogP) is 2.29. The van der Waals surface area contributed by atoms with Gasteiger partial charge in [-0.3, -0.25) is 0 Å².